The summed E-state index contributed by atoms with van der Waals surface area (Å²) in [7, 11) is 0. The van der Waals surface area contributed by atoms with Crippen molar-refractivity contribution in [2.45, 2.75) is 38.1 Å². The number of alkyl halides is 1. The third-order valence-electron chi connectivity index (χ3n) is 2.49. The van der Waals surface area contributed by atoms with Gasteiger partial charge in [-0.15, -0.1) is 0 Å². The topological polar surface area (TPSA) is 29.1 Å². The molecule has 1 amide bonds. The minimum absolute atomic E-state index is 0.0219. The summed E-state index contributed by atoms with van der Waals surface area (Å²) >= 11 is 6.92. The first-order chi connectivity index (χ1) is 7.90. The van der Waals surface area contributed by atoms with Gasteiger partial charge in [0.1, 0.15) is 0 Å². The average Bonchev–Trinajstić information content (AvgIpc) is 2.20. The van der Waals surface area contributed by atoms with E-state index in [1.165, 1.54) is 0 Å². The molecule has 94 valence electrons. The number of hydrogen-bond donors (Lipinski definition) is 1. The van der Waals surface area contributed by atoms with Crippen LogP contribution in [0.2, 0.25) is 0 Å². The van der Waals surface area contributed by atoms with Crippen LogP contribution in [0, 0.1) is 6.92 Å². The molecule has 0 aliphatic rings. The van der Waals surface area contributed by atoms with E-state index < -0.39 is 0 Å². The average molecular weight is 363 g/mol. The molecule has 0 aliphatic heterocycles. The number of nitrogens with one attached hydrogen (secondary N) is 1. The SMILES string of the molecule is Cc1ccc(C(=O)NC(C)CC(C)Br)cc1Br. The van der Waals surface area contributed by atoms with Crippen molar-refractivity contribution in [3.63, 3.8) is 0 Å². The van der Waals surface area contributed by atoms with Crippen molar-refractivity contribution in [2.75, 3.05) is 0 Å². The summed E-state index contributed by atoms with van der Waals surface area (Å²) in [5.41, 5.74) is 1.82. The number of rotatable bonds is 4. The molecule has 0 bridgehead atoms. The van der Waals surface area contributed by atoms with Crippen LogP contribution >= 0.6 is 31.9 Å². The van der Waals surface area contributed by atoms with E-state index >= 15 is 0 Å². The highest BCUT2D eigenvalue weighted by Crippen LogP contribution is 2.17. The number of hydrogen-bond acceptors (Lipinski definition) is 1. The molecule has 2 nitrogen and oxygen atoms in total. The fraction of sp³-hybridized carbons (Fsp3) is 0.462. The summed E-state index contributed by atoms with van der Waals surface area (Å²) in [6, 6.07) is 5.81. The lowest BCUT2D eigenvalue weighted by molar-refractivity contribution is 0.0938. The van der Waals surface area contributed by atoms with Crippen molar-refractivity contribution in [1.29, 1.82) is 0 Å². The number of halogens is 2. The third kappa shape index (κ3) is 4.80. The van der Waals surface area contributed by atoms with E-state index in [0.29, 0.717) is 10.4 Å². The van der Waals surface area contributed by atoms with Crippen molar-refractivity contribution in [3.8, 4) is 0 Å². The molecule has 0 aliphatic carbocycles. The second kappa shape index (κ2) is 6.55. The first kappa shape index (κ1) is 14.7. The van der Waals surface area contributed by atoms with Crippen LogP contribution in [-0.2, 0) is 0 Å². The lowest BCUT2D eigenvalue weighted by Crippen LogP contribution is -2.33. The first-order valence-electron chi connectivity index (χ1n) is 5.61. The molecule has 0 fully saturated rings. The molecule has 2 unspecified atom stereocenters. The smallest absolute Gasteiger partial charge is 0.251 e. The van der Waals surface area contributed by atoms with Crippen LogP contribution in [0.5, 0.6) is 0 Å². The first-order valence-corrected chi connectivity index (χ1v) is 7.32. The van der Waals surface area contributed by atoms with Crippen LogP contribution in [0.25, 0.3) is 0 Å². The molecule has 17 heavy (non-hydrogen) atoms. The van der Waals surface area contributed by atoms with E-state index in [9.17, 15) is 4.79 Å². The Kier molecular flexibility index (Phi) is 5.67. The fourth-order valence-electron chi connectivity index (χ4n) is 1.59. The van der Waals surface area contributed by atoms with Gasteiger partial charge in [0.2, 0.25) is 0 Å². The molecule has 2 atom stereocenters. The lowest BCUT2D eigenvalue weighted by atomic mass is 10.1. The largest absolute Gasteiger partial charge is 0.350 e. The zero-order valence-corrected chi connectivity index (χ0v) is 13.4. The zero-order chi connectivity index (χ0) is 13.0. The number of benzene rings is 1. The molecule has 0 radical (unpaired) electrons. The Bertz CT molecular complexity index is 404. The maximum absolute atomic E-state index is 12.0. The van der Waals surface area contributed by atoms with Crippen molar-refractivity contribution >= 4 is 37.8 Å². The highest BCUT2D eigenvalue weighted by atomic mass is 79.9. The highest BCUT2D eigenvalue weighted by molar-refractivity contribution is 9.10. The molecule has 0 saturated heterocycles. The van der Waals surface area contributed by atoms with Crippen molar-refractivity contribution in [1.82, 2.24) is 5.32 Å². The van der Waals surface area contributed by atoms with Crippen LogP contribution in [-0.4, -0.2) is 16.8 Å². The van der Waals surface area contributed by atoms with Crippen LogP contribution in [0.4, 0.5) is 0 Å². The van der Waals surface area contributed by atoms with Gasteiger partial charge in [-0.25, -0.2) is 0 Å². The van der Waals surface area contributed by atoms with Crippen LogP contribution < -0.4 is 5.32 Å². The molecule has 0 heterocycles. The second-order valence-electron chi connectivity index (χ2n) is 4.35. The fourth-order valence-corrected chi connectivity index (χ4v) is 2.53. The molecule has 0 spiro atoms. The summed E-state index contributed by atoms with van der Waals surface area (Å²) in [6.07, 6.45) is 0.915. The predicted octanol–water partition coefficient (Wildman–Crippen LogP) is 4.05. The summed E-state index contributed by atoms with van der Waals surface area (Å²) in [4.78, 5) is 12.4. The van der Waals surface area contributed by atoms with E-state index in [2.05, 4.69) is 44.1 Å². The Hall–Kier alpha value is -0.350. The Labute approximate surface area is 119 Å². The lowest BCUT2D eigenvalue weighted by Gasteiger charge is -2.15. The summed E-state index contributed by atoms with van der Waals surface area (Å²) < 4.78 is 0.965. The third-order valence-corrected chi connectivity index (χ3v) is 3.72. The van der Waals surface area contributed by atoms with E-state index in [0.717, 1.165) is 16.5 Å². The summed E-state index contributed by atoms with van der Waals surface area (Å²) in [5, 5.41) is 2.98. The maximum atomic E-state index is 12.0. The van der Waals surface area contributed by atoms with Gasteiger partial charge in [0.25, 0.3) is 5.91 Å². The van der Waals surface area contributed by atoms with Gasteiger partial charge >= 0.3 is 0 Å². The van der Waals surface area contributed by atoms with Gasteiger partial charge in [-0.1, -0.05) is 44.8 Å². The number of aryl methyl sites for hydroxylation is 1. The van der Waals surface area contributed by atoms with Crippen molar-refractivity contribution in [2.24, 2.45) is 0 Å². The van der Waals surface area contributed by atoms with Gasteiger partial charge in [-0.05, 0) is 38.0 Å². The zero-order valence-electron chi connectivity index (χ0n) is 10.3. The van der Waals surface area contributed by atoms with E-state index in [1.54, 1.807) is 0 Å². The Morgan fingerprint density at radius 3 is 2.59 bits per heavy atom. The van der Waals surface area contributed by atoms with E-state index in [4.69, 9.17) is 0 Å². The normalized spacial score (nSPS) is 14.2. The minimum atomic E-state index is -0.0219. The molecule has 1 aromatic carbocycles. The second-order valence-corrected chi connectivity index (χ2v) is 6.77. The van der Waals surface area contributed by atoms with Crippen molar-refractivity contribution in [3.05, 3.63) is 33.8 Å². The van der Waals surface area contributed by atoms with Crippen LogP contribution in [0.1, 0.15) is 36.2 Å². The van der Waals surface area contributed by atoms with Gasteiger partial charge in [-0.2, -0.15) is 0 Å². The molecule has 1 rings (SSSR count). The maximum Gasteiger partial charge on any atom is 0.251 e. The van der Waals surface area contributed by atoms with Gasteiger partial charge in [0.15, 0.2) is 0 Å². The molecule has 1 N–H and O–H groups in total. The molecule has 0 aromatic heterocycles. The minimum Gasteiger partial charge on any atom is -0.350 e. The van der Waals surface area contributed by atoms with Gasteiger partial charge in [0, 0.05) is 20.9 Å². The van der Waals surface area contributed by atoms with E-state index in [1.807, 2.05) is 32.0 Å². The van der Waals surface area contributed by atoms with E-state index in [-0.39, 0.29) is 11.9 Å². The number of amides is 1. The van der Waals surface area contributed by atoms with Gasteiger partial charge < -0.3 is 5.32 Å². The van der Waals surface area contributed by atoms with Crippen molar-refractivity contribution < 1.29 is 4.79 Å². The molecular formula is C13H17Br2NO. The Morgan fingerprint density at radius 2 is 2.06 bits per heavy atom. The highest BCUT2D eigenvalue weighted by Gasteiger charge is 2.12. The summed E-state index contributed by atoms with van der Waals surface area (Å²) in [5.74, 6) is -0.0219. The van der Waals surface area contributed by atoms with Gasteiger partial charge in [-0.3, -0.25) is 4.79 Å². The molecule has 0 saturated carbocycles. The number of carbonyl (C=O) groups is 1. The quantitative estimate of drug-likeness (QED) is 0.804. The molecule has 4 heteroatoms. The monoisotopic (exact) mass is 361 g/mol. The number of carbonyl (C=O) groups excluding carboxylic acids is 1. The molecular weight excluding hydrogens is 346 g/mol. The Balaban J connectivity index is 2.66. The Morgan fingerprint density at radius 1 is 1.41 bits per heavy atom. The predicted molar refractivity (Wildman–Crippen MR) is 78.8 cm³/mol. The molecule has 1 aromatic rings. The van der Waals surface area contributed by atoms with Crippen LogP contribution in [0.3, 0.4) is 0 Å². The van der Waals surface area contributed by atoms with Gasteiger partial charge in [0.05, 0.1) is 0 Å². The standard InChI is InChI=1S/C13H17Br2NO/c1-8-4-5-11(7-12(8)15)13(17)16-10(3)6-9(2)14/h4-5,7,9-10H,6H2,1-3H3,(H,16,17). The van der Waals surface area contributed by atoms with Crippen LogP contribution in [0.15, 0.2) is 22.7 Å². The summed E-state index contributed by atoms with van der Waals surface area (Å²) in [6.45, 7) is 6.09.